The van der Waals surface area contributed by atoms with Crippen molar-refractivity contribution in [1.29, 1.82) is 0 Å². The minimum absolute atomic E-state index is 0.00910. The number of hydrogen-bond donors (Lipinski definition) is 2. The second kappa shape index (κ2) is 11.9. The van der Waals surface area contributed by atoms with Crippen LogP contribution in [0, 0.1) is 0 Å². The van der Waals surface area contributed by atoms with E-state index in [-0.39, 0.29) is 35.7 Å². The van der Waals surface area contributed by atoms with Gasteiger partial charge in [-0.15, -0.1) is 0 Å². The van der Waals surface area contributed by atoms with Gasteiger partial charge in [-0.05, 0) is 55.2 Å². The molecule has 1 fully saturated rings. The van der Waals surface area contributed by atoms with E-state index in [0.717, 1.165) is 11.0 Å². The number of amides is 3. The molecule has 9 nitrogen and oxygen atoms in total. The van der Waals surface area contributed by atoms with Crippen molar-refractivity contribution in [2.75, 3.05) is 7.11 Å². The van der Waals surface area contributed by atoms with Crippen LogP contribution in [0.2, 0.25) is 0 Å². The maximum absolute atomic E-state index is 13.4. The average molecular weight is 627 g/mol. The van der Waals surface area contributed by atoms with Gasteiger partial charge in [0.25, 0.3) is 11.5 Å². The van der Waals surface area contributed by atoms with Crippen LogP contribution in [0.25, 0.3) is 0 Å². The summed E-state index contributed by atoms with van der Waals surface area (Å²) in [6, 6.07) is 4.12. The Morgan fingerprint density at radius 3 is 2.43 bits per heavy atom. The highest BCUT2D eigenvalue weighted by molar-refractivity contribution is 6.08. The normalized spacial score (nSPS) is 19.4. The summed E-state index contributed by atoms with van der Waals surface area (Å²) in [6.07, 6.45) is -5.24. The monoisotopic (exact) mass is 626 g/mol. The molecule has 0 spiro atoms. The molecule has 3 heterocycles. The van der Waals surface area contributed by atoms with Crippen LogP contribution in [-0.4, -0.2) is 57.8 Å². The fraction of sp³-hybridized carbons (Fsp3) is 0.379. The van der Waals surface area contributed by atoms with E-state index in [2.05, 4.69) is 15.3 Å². The lowest BCUT2D eigenvalue weighted by atomic mass is 9.90. The van der Waals surface area contributed by atoms with Crippen LogP contribution in [-0.2, 0) is 28.1 Å². The number of urea groups is 1. The maximum atomic E-state index is 13.4. The summed E-state index contributed by atoms with van der Waals surface area (Å²) in [4.78, 5) is 35.5. The Morgan fingerprint density at radius 2 is 1.80 bits per heavy atom. The van der Waals surface area contributed by atoms with Gasteiger partial charge < -0.3 is 19.9 Å². The summed E-state index contributed by atoms with van der Waals surface area (Å²) in [5, 5.41) is 12.5. The molecule has 2 aliphatic rings. The molecule has 2 aromatic rings. The summed E-state index contributed by atoms with van der Waals surface area (Å²) >= 11 is 0. The number of allylic oxidation sites excluding steroid dienone is 1. The molecule has 15 heteroatoms. The molecule has 2 N–H and O–H groups in total. The highest BCUT2D eigenvalue weighted by Crippen LogP contribution is 2.50. The SMILES string of the molecule is CCCc1cc(C(O)(C(F)(F)F)C(F)(F)F)ccc1Oc1ccnc(CN2C(=O)NC(C)(C3=CN=C(OC)C=CC3)C2=O)c1. The maximum Gasteiger partial charge on any atom is 0.430 e. The summed E-state index contributed by atoms with van der Waals surface area (Å²) in [6.45, 7) is 2.94. The molecule has 3 amide bonds. The van der Waals surface area contributed by atoms with Crippen molar-refractivity contribution in [1.82, 2.24) is 15.2 Å². The molecule has 44 heavy (non-hydrogen) atoms. The van der Waals surface area contributed by atoms with Crippen molar-refractivity contribution < 1.29 is 50.5 Å². The number of aliphatic imine (C=N–C) groups is 1. The summed E-state index contributed by atoms with van der Waals surface area (Å²) < 4.78 is 91.5. The highest BCUT2D eigenvalue weighted by Gasteiger charge is 2.71. The van der Waals surface area contributed by atoms with Gasteiger partial charge in [-0.25, -0.2) is 9.79 Å². The van der Waals surface area contributed by atoms with Crippen molar-refractivity contribution in [2.45, 2.75) is 63.1 Å². The minimum Gasteiger partial charge on any atom is -0.481 e. The predicted molar refractivity (Wildman–Crippen MR) is 145 cm³/mol. The molecule has 236 valence electrons. The molecule has 1 saturated heterocycles. The molecule has 0 saturated carbocycles. The third-order valence-corrected chi connectivity index (χ3v) is 7.23. The molecule has 1 unspecified atom stereocenters. The van der Waals surface area contributed by atoms with Crippen LogP contribution in [0.5, 0.6) is 11.5 Å². The summed E-state index contributed by atoms with van der Waals surface area (Å²) in [5.41, 5.74) is -7.15. The number of hydrogen-bond acceptors (Lipinski definition) is 7. The molecule has 0 radical (unpaired) electrons. The van der Waals surface area contributed by atoms with Gasteiger partial charge in [0.1, 0.15) is 17.0 Å². The molecule has 2 aliphatic heterocycles. The summed E-state index contributed by atoms with van der Waals surface area (Å²) in [7, 11) is 1.44. The van der Waals surface area contributed by atoms with Gasteiger partial charge in [0.15, 0.2) is 0 Å². The standard InChI is InChI=1S/C29H28F6N4O5/c1-4-6-17-13-18(27(42,28(30,31)32)29(33,34)35)9-10-22(17)44-21-11-12-36-20(14-21)16-39-24(40)26(2,38-25(39)41)19-7-5-8-23(43-3)37-15-19/h5,8-15,42H,4,6-7,16H2,1-3H3,(H,38,41). The van der Waals surface area contributed by atoms with Crippen LogP contribution < -0.4 is 10.1 Å². The van der Waals surface area contributed by atoms with Crippen molar-refractivity contribution in [3.8, 4) is 11.5 Å². The third-order valence-electron chi connectivity index (χ3n) is 7.23. The van der Waals surface area contributed by atoms with E-state index in [1.165, 1.54) is 31.6 Å². The van der Waals surface area contributed by atoms with Gasteiger partial charge in [0, 0.05) is 24.0 Å². The zero-order chi connectivity index (χ0) is 32.5. The fourth-order valence-corrected chi connectivity index (χ4v) is 4.79. The Kier molecular flexibility index (Phi) is 8.82. The van der Waals surface area contributed by atoms with Gasteiger partial charge in [-0.1, -0.05) is 25.5 Å². The topological polar surface area (TPSA) is 113 Å². The van der Waals surface area contributed by atoms with Crippen LogP contribution in [0.15, 0.2) is 65.4 Å². The number of ether oxygens (including phenoxy) is 2. The van der Waals surface area contributed by atoms with E-state index in [4.69, 9.17) is 9.47 Å². The number of nitrogens with one attached hydrogen (secondary N) is 1. The number of rotatable bonds is 8. The predicted octanol–water partition coefficient (Wildman–Crippen LogP) is 5.84. The number of aromatic nitrogens is 1. The number of methoxy groups -OCH3 is 1. The van der Waals surface area contributed by atoms with Crippen LogP contribution in [0.4, 0.5) is 31.1 Å². The zero-order valence-electron chi connectivity index (χ0n) is 23.7. The Morgan fingerprint density at radius 1 is 1.09 bits per heavy atom. The largest absolute Gasteiger partial charge is 0.481 e. The van der Waals surface area contributed by atoms with Gasteiger partial charge in [0.05, 0.1) is 19.3 Å². The minimum atomic E-state index is -6.03. The first-order valence-electron chi connectivity index (χ1n) is 13.3. The first kappa shape index (κ1) is 32.5. The molecule has 1 atom stereocenters. The number of halogens is 6. The molecule has 1 aromatic heterocycles. The van der Waals surface area contributed by atoms with E-state index >= 15 is 0 Å². The van der Waals surface area contributed by atoms with E-state index in [1.807, 2.05) is 0 Å². The lowest BCUT2D eigenvalue weighted by Crippen LogP contribution is -2.53. The second-order valence-corrected chi connectivity index (χ2v) is 10.2. The van der Waals surface area contributed by atoms with E-state index in [1.54, 1.807) is 26.0 Å². The number of imide groups is 1. The van der Waals surface area contributed by atoms with Crippen LogP contribution in [0.3, 0.4) is 0 Å². The van der Waals surface area contributed by atoms with Gasteiger partial charge >= 0.3 is 18.4 Å². The number of pyridine rings is 1. The van der Waals surface area contributed by atoms with Crippen molar-refractivity contribution >= 4 is 17.8 Å². The number of aliphatic hydroxyl groups is 1. The third kappa shape index (κ3) is 6.00. The smallest absolute Gasteiger partial charge is 0.430 e. The summed E-state index contributed by atoms with van der Waals surface area (Å²) in [5.74, 6) is -0.193. The Balaban J connectivity index is 1.58. The average Bonchev–Trinajstić information content (AvgIpc) is 3.10. The lowest BCUT2D eigenvalue weighted by Gasteiger charge is -2.33. The highest BCUT2D eigenvalue weighted by atomic mass is 19.4. The molecular weight excluding hydrogens is 598 g/mol. The first-order chi connectivity index (χ1) is 20.5. The van der Waals surface area contributed by atoms with Crippen LogP contribution >= 0.6 is 0 Å². The number of nitrogens with zero attached hydrogens (tertiary/aromatic N) is 3. The van der Waals surface area contributed by atoms with E-state index in [0.29, 0.717) is 36.4 Å². The molecular formula is C29H28F6N4O5. The molecule has 0 bridgehead atoms. The number of benzene rings is 1. The van der Waals surface area contributed by atoms with Crippen molar-refractivity contribution in [2.24, 2.45) is 4.99 Å². The van der Waals surface area contributed by atoms with Crippen molar-refractivity contribution in [3.63, 3.8) is 0 Å². The fourth-order valence-electron chi connectivity index (χ4n) is 4.79. The molecule has 4 rings (SSSR count). The van der Waals surface area contributed by atoms with Crippen molar-refractivity contribution in [3.05, 3.63) is 77.3 Å². The number of carbonyl (C=O) groups excluding carboxylic acids is 2. The molecule has 1 aromatic carbocycles. The number of aryl methyl sites for hydroxylation is 1. The number of alkyl halides is 6. The van der Waals surface area contributed by atoms with Crippen LogP contribution in [0.1, 0.15) is 43.5 Å². The Bertz CT molecular complexity index is 1520. The van der Waals surface area contributed by atoms with Gasteiger partial charge in [0.2, 0.25) is 5.90 Å². The Hall–Kier alpha value is -4.40. The zero-order valence-corrected chi connectivity index (χ0v) is 23.7. The van der Waals surface area contributed by atoms with E-state index in [9.17, 15) is 41.0 Å². The first-order valence-corrected chi connectivity index (χ1v) is 13.3. The second-order valence-electron chi connectivity index (χ2n) is 10.2. The number of carbonyl (C=O) groups is 2. The quantitative estimate of drug-likeness (QED) is 0.281. The lowest BCUT2D eigenvalue weighted by molar-refractivity contribution is -0.376. The van der Waals surface area contributed by atoms with Gasteiger partial charge in [-0.2, -0.15) is 26.3 Å². The van der Waals surface area contributed by atoms with Gasteiger partial charge in [-0.3, -0.25) is 14.7 Å². The molecule has 0 aliphatic carbocycles. The Labute approximate surface area is 247 Å². The van der Waals surface area contributed by atoms with E-state index < -0.39 is 41.0 Å².